The molecule has 1 unspecified atom stereocenters. The maximum atomic E-state index is 6.40. The van der Waals surface area contributed by atoms with Gasteiger partial charge in [-0.05, 0) is 36.8 Å². The SMILES string of the molecule is COc1ccc(C)cc1CCC(Cl)C(C)(C)C. The Morgan fingerprint density at radius 1 is 1.29 bits per heavy atom. The Balaban J connectivity index is 2.72. The Bertz CT molecular complexity index is 366. The first-order valence-corrected chi connectivity index (χ1v) is 6.56. The van der Waals surface area contributed by atoms with Crippen molar-refractivity contribution in [1.82, 2.24) is 0 Å². The van der Waals surface area contributed by atoms with Crippen molar-refractivity contribution in [3.8, 4) is 5.75 Å². The van der Waals surface area contributed by atoms with Gasteiger partial charge in [-0.1, -0.05) is 38.5 Å². The van der Waals surface area contributed by atoms with Crippen LogP contribution in [0, 0.1) is 12.3 Å². The zero-order valence-corrected chi connectivity index (χ0v) is 12.3. The second-order valence-corrected chi connectivity index (χ2v) is 6.21. The molecule has 2 heteroatoms. The lowest BCUT2D eigenvalue weighted by molar-refractivity contribution is 0.370. The second kappa shape index (κ2) is 5.77. The molecular weight excluding hydrogens is 232 g/mol. The van der Waals surface area contributed by atoms with Crippen molar-refractivity contribution in [2.75, 3.05) is 7.11 Å². The molecule has 0 heterocycles. The zero-order valence-electron chi connectivity index (χ0n) is 11.5. The summed E-state index contributed by atoms with van der Waals surface area (Å²) in [5.74, 6) is 0.966. The Labute approximate surface area is 110 Å². The molecule has 0 saturated heterocycles. The van der Waals surface area contributed by atoms with Gasteiger partial charge in [-0.15, -0.1) is 11.6 Å². The predicted molar refractivity (Wildman–Crippen MR) is 75.1 cm³/mol. The van der Waals surface area contributed by atoms with Crippen molar-refractivity contribution >= 4 is 11.6 Å². The smallest absolute Gasteiger partial charge is 0.122 e. The third-order valence-corrected chi connectivity index (χ3v) is 3.92. The molecule has 0 aliphatic carbocycles. The molecule has 0 aromatic heterocycles. The van der Waals surface area contributed by atoms with Crippen molar-refractivity contribution in [3.05, 3.63) is 29.3 Å². The minimum absolute atomic E-state index is 0.151. The summed E-state index contributed by atoms with van der Waals surface area (Å²) < 4.78 is 5.38. The van der Waals surface area contributed by atoms with Crippen molar-refractivity contribution in [2.45, 2.75) is 45.9 Å². The largest absolute Gasteiger partial charge is 0.496 e. The van der Waals surface area contributed by atoms with E-state index in [1.807, 2.05) is 6.07 Å². The number of hydrogen-bond acceptors (Lipinski definition) is 1. The van der Waals surface area contributed by atoms with Gasteiger partial charge in [-0.2, -0.15) is 0 Å². The molecule has 0 aliphatic rings. The average molecular weight is 255 g/mol. The monoisotopic (exact) mass is 254 g/mol. The highest BCUT2D eigenvalue weighted by Gasteiger charge is 2.22. The molecule has 1 aromatic carbocycles. The van der Waals surface area contributed by atoms with Crippen LogP contribution in [0.25, 0.3) is 0 Å². The molecule has 0 amide bonds. The summed E-state index contributed by atoms with van der Waals surface area (Å²) in [6, 6.07) is 6.29. The van der Waals surface area contributed by atoms with Crippen LogP contribution in [0.1, 0.15) is 38.3 Å². The van der Waals surface area contributed by atoms with Crippen LogP contribution in [0.15, 0.2) is 18.2 Å². The number of methoxy groups -OCH3 is 1. The molecule has 1 rings (SSSR count). The highest BCUT2D eigenvalue weighted by atomic mass is 35.5. The highest BCUT2D eigenvalue weighted by Crippen LogP contribution is 2.30. The number of alkyl halides is 1. The minimum Gasteiger partial charge on any atom is -0.496 e. The lowest BCUT2D eigenvalue weighted by Gasteiger charge is -2.25. The lowest BCUT2D eigenvalue weighted by Crippen LogP contribution is -2.21. The molecule has 1 atom stereocenters. The topological polar surface area (TPSA) is 9.23 Å². The number of hydrogen-bond donors (Lipinski definition) is 0. The summed E-state index contributed by atoms with van der Waals surface area (Å²) in [4.78, 5) is 0. The quantitative estimate of drug-likeness (QED) is 0.714. The van der Waals surface area contributed by atoms with E-state index >= 15 is 0 Å². The van der Waals surface area contributed by atoms with E-state index in [-0.39, 0.29) is 10.8 Å². The van der Waals surface area contributed by atoms with E-state index in [0.717, 1.165) is 18.6 Å². The molecule has 17 heavy (non-hydrogen) atoms. The lowest BCUT2D eigenvalue weighted by atomic mass is 9.88. The van der Waals surface area contributed by atoms with E-state index in [0.29, 0.717) is 0 Å². The third kappa shape index (κ3) is 4.23. The van der Waals surface area contributed by atoms with Gasteiger partial charge in [0.15, 0.2) is 0 Å². The molecule has 0 radical (unpaired) electrons. The van der Waals surface area contributed by atoms with E-state index in [4.69, 9.17) is 16.3 Å². The fourth-order valence-corrected chi connectivity index (χ4v) is 1.93. The molecule has 0 N–H and O–H groups in total. The van der Waals surface area contributed by atoms with E-state index in [1.165, 1.54) is 11.1 Å². The van der Waals surface area contributed by atoms with E-state index in [1.54, 1.807) is 7.11 Å². The normalized spacial score (nSPS) is 13.5. The van der Waals surface area contributed by atoms with Crippen LogP contribution < -0.4 is 4.74 Å². The maximum Gasteiger partial charge on any atom is 0.122 e. The van der Waals surface area contributed by atoms with Crippen molar-refractivity contribution < 1.29 is 4.74 Å². The predicted octanol–water partition coefficient (Wildman–Crippen LogP) is 4.59. The average Bonchev–Trinajstić information content (AvgIpc) is 2.24. The third-order valence-electron chi connectivity index (χ3n) is 3.04. The van der Waals surface area contributed by atoms with E-state index < -0.39 is 0 Å². The number of rotatable bonds is 4. The van der Waals surface area contributed by atoms with Gasteiger partial charge in [-0.25, -0.2) is 0 Å². The van der Waals surface area contributed by atoms with Crippen LogP contribution >= 0.6 is 11.6 Å². The molecule has 1 aromatic rings. The first-order valence-electron chi connectivity index (χ1n) is 6.12. The van der Waals surface area contributed by atoms with Gasteiger partial charge >= 0.3 is 0 Å². The Hall–Kier alpha value is -0.690. The van der Waals surface area contributed by atoms with Crippen LogP contribution in [0.2, 0.25) is 0 Å². The van der Waals surface area contributed by atoms with Crippen LogP contribution in [-0.4, -0.2) is 12.5 Å². The standard InChI is InChI=1S/C15H23ClO/c1-11-6-8-13(17-5)12(10-11)7-9-14(16)15(2,3)4/h6,8,10,14H,7,9H2,1-5H3. The maximum absolute atomic E-state index is 6.40. The number of ether oxygens (including phenoxy) is 1. The second-order valence-electron chi connectivity index (χ2n) is 5.69. The Morgan fingerprint density at radius 2 is 1.94 bits per heavy atom. The summed E-state index contributed by atoms with van der Waals surface area (Å²) >= 11 is 6.40. The summed E-state index contributed by atoms with van der Waals surface area (Å²) in [6.07, 6.45) is 1.95. The Kier molecular flexibility index (Phi) is 4.88. The molecule has 0 aliphatic heterocycles. The van der Waals surface area contributed by atoms with Crippen LogP contribution in [-0.2, 0) is 6.42 Å². The number of aryl methyl sites for hydroxylation is 2. The van der Waals surface area contributed by atoms with Gasteiger partial charge in [-0.3, -0.25) is 0 Å². The zero-order chi connectivity index (χ0) is 13.1. The number of halogens is 1. The van der Waals surface area contributed by atoms with E-state index in [2.05, 4.69) is 39.8 Å². The molecule has 0 spiro atoms. The van der Waals surface area contributed by atoms with Crippen molar-refractivity contribution in [2.24, 2.45) is 5.41 Å². The van der Waals surface area contributed by atoms with Gasteiger partial charge in [0, 0.05) is 5.38 Å². The Morgan fingerprint density at radius 3 is 2.47 bits per heavy atom. The number of benzene rings is 1. The molecule has 0 saturated carbocycles. The molecule has 0 fully saturated rings. The van der Waals surface area contributed by atoms with Crippen LogP contribution in [0.5, 0.6) is 5.75 Å². The van der Waals surface area contributed by atoms with Gasteiger partial charge in [0.05, 0.1) is 7.11 Å². The first-order chi connectivity index (χ1) is 7.84. The van der Waals surface area contributed by atoms with E-state index in [9.17, 15) is 0 Å². The highest BCUT2D eigenvalue weighted by molar-refractivity contribution is 6.21. The minimum atomic E-state index is 0.151. The first kappa shape index (κ1) is 14.4. The van der Waals surface area contributed by atoms with Crippen LogP contribution in [0.3, 0.4) is 0 Å². The summed E-state index contributed by atoms with van der Waals surface area (Å²) in [6.45, 7) is 8.64. The summed E-state index contributed by atoms with van der Waals surface area (Å²) in [5.41, 5.74) is 2.67. The van der Waals surface area contributed by atoms with Gasteiger partial charge in [0.25, 0.3) is 0 Å². The fraction of sp³-hybridized carbons (Fsp3) is 0.600. The van der Waals surface area contributed by atoms with Crippen LogP contribution in [0.4, 0.5) is 0 Å². The van der Waals surface area contributed by atoms with Crippen molar-refractivity contribution in [3.63, 3.8) is 0 Å². The summed E-state index contributed by atoms with van der Waals surface area (Å²) in [5, 5.41) is 0.188. The van der Waals surface area contributed by atoms with Crippen molar-refractivity contribution in [1.29, 1.82) is 0 Å². The van der Waals surface area contributed by atoms with Gasteiger partial charge in [0.1, 0.15) is 5.75 Å². The molecule has 96 valence electrons. The fourth-order valence-electron chi connectivity index (χ4n) is 1.82. The summed E-state index contributed by atoms with van der Waals surface area (Å²) in [7, 11) is 1.72. The van der Waals surface area contributed by atoms with Gasteiger partial charge in [0.2, 0.25) is 0 Å². The molecular formula is C15H23ClO. The molecule has 0 bridgehead atoms. The van der Waals surface area contributed by atoms with Gasteiger partial charge < -0.3 is 4.74 Å². The molecule has 1 nitrogen and oxygen atoms in total.